The number of benzene rings is 2. The Balaban J connectivity index is 2.32. The van der Waals surface area contributed by atoms with E-state index in [1.165, 1.54) is 27.8 Å². The molecule has 1 nitrogen and oxygen atoms in total. The van der Waals surface area contributed by atoms with E-state index >= 15 is 0 Å². The second-order valence-electron chi connectivity index (χ2n) is 6.63. The van der Waals surface area contributed by atoms with Crippen molar-refractivity contribution in [3.05, 3.63) is 70.3 Å². The molecule has 0 saturated heterocycles. The molecular weight excluding hydrogens is 254 g/mol. The predicted octanol–water partition coefficient (Wildman–Crippen LogP) is 5.04. The SMILES string of the molecule is CCC(C)(C)c1ccc(C(N)c2cccc(C)c2C)cc1. The zero-order valence-corrected chi connectivity index (χ0v) is 13.9. The van der Waals surface area contributed by atoms with E-state index in [9.17, 15) is 0 Å². The highest BCUT2D eigenvalue weighted by Gasteiger charge is 2.18. The Morgan fingerprint density at radius 2 is 1.62 bits per heavy atom. The standard InChI is InChI=1S/C20H27N/c1-6-20(4,5)17-12-10-16(11-13-17)19(21)18-9-7-8-14(2)15(18)3/h7-13,19H,6,21H2,1-5H3. The van der Waals surface area contributed by atoms with Gasteiger partial charge in [-0.15, -0.1) is 0 Å². The quantitative estimate of drug-likeness (QED) is 0.835. The third kappa shape index (κ3) is 3.19. The molecular formula is C20H27N. The van der Waals surface area contributed by atoms with Crippen LogP contribution >= 0.6 is 0 Å². The first-order chi connectivity index (χ1) is 9.86. The number of rotatable bonds is 4. The maximum Gasteiger partial charge on any atom is 0.0554 e. The van der Waals surface area contributed by atoms with E-state index in [0.717, 1.165) is 6.42 Å². The van der Waals surface area contributed by atoms with Gasteiger partial charge in [-0.2, -0.15) is 0 Å². The summed E-state index contributed by atoms with van der Waals surface area (Å²) in [6.45, 7) is 11.1. The van der Waals surface area contributed by atoms with Crippen molar-refractivity contribution in [3.8, 4) is 0 Å². The maximum atomic E-state index is 6.48. The van der Waals surface area contributed by atoms with Crippen molar-refractivity contribution < 1.29 is 0 Å². The molecule has 112 valence electrons. The minimum atomic E-state index is -0.0521. The van der Waals surface area contributed by atoms with E-state index in [1.807, 2.05) is 0 Å². The molecule has 1 unspecified atom stereocenters. The average molecular weight is 281 g/mol. The van der Waals surface area contributed by atoms with Gasteiger partial charge in [-0.1, -0.05) is 63.2 Å². The Kier molecular flexibility index (Phi) is 4.53. The lowest BCUT2D eigenvalue weighted by Crippen LogP contribution is -2.17. The normalized spacial score (nSPS) is 13.2. The van der Waals surface area contributed by atoms with Crippen molar-refractivity contribution in [2.45, 2.75) is 52.5 Å². The molecule has 0 heterocycles. The van der Waals surface area contributed by atoms with E-state index in [0.29, 0.717) is 0 Å². The molecule has 2 aromatic rings. The van der Waals surface area contributed by atoms with Gasteiger partial charge in [-0.25, -0.2) is 0 Å². The Hall–Kier alpha value is -1.60. The van der Waals surface area contributed by atoms with Gasteiger partial charge in [-0.3, -0.25) is 0 Å². The zero-order chi connectivity index (χ0) is 15.6. The Labute approximate surface area is 129 Å². The highest BCUT2D eigenvalue weighted by Crippen LogP contribution is 2.29. The lowest BCUT2D eigenvalue weighted by molar-refractivity contribution is 0.506. The molecule has 0 saturated carbocycles. The van der Waals surface area contributed by atoms with Gasteiger partial charge in [0.05, 0.1) is 6.04 Å². The molecule has 1 atom stereocenters. The fraction of sp³-hybridized carbons (Fsp3) is 0.400. The molecule has 0 bridgehead atoms. The molecule has 0 aromatic heterocycles. The van der Waals surface area contributed by atoms with Crippen LogP contribution in [0.5, 0.6) is 0 Å². The zero-order valence-electron chi connectivity index (χ0n) is 13.9. The molecule has 0 aliphatic rings. The molecule has 0 aliphatic carbocycles. The van der Waals surface area contributed by atoms with Gasteiger partial charge in [0, 0.05) is 0 Å². The molecule has 1 heteroatoms. The van der Waals surface area contributed by atoms with E-state index in [2.05, 4.69) is 77.1 Å². The van der Waals surface area contributed by atoms with E-state index < -0.39 is 0 Å². The minimum Gasteiger partial charge on any atom is -0.320 e. The van der Waals surface area contributed by atoms with Gasteiger partial charge in [-0.05, 0) is 53.5 Å². The molecule has 2 N–H and O–H groups in total. The summed E-state index contributed by atoms with van der Waals surface area (Å²) >= 11 is 0. The number of nitrogens with two attached hydrogens (primary N) is 1. The van der Waals surface area contributed by atoms with Gasteiger partial charge < -0.3 is 5.73 Å². The van der Waals surface area contributed by atoms with Gasteiger partial charge in [0.25, 0.3) is 0 Å². The van der Waals surface area contributed by atoms with Crippen LogP contribution < -0.4 is 5.73 Å². The first-order valence-corrected chi connectivity index (χ1v) is 7.79. The topological polar surface area (TPSA) is 26.0 Å². The van der Waals surface area contributed by atoms with Crippen molar-refractivity contribution in [1.82, 2.24) is 0 Å². The molecule has 2 rings (SSSR count). The molecule has 0 aliphatic heterocycles. The van der Waals surface area contributed by atoms with E-state index in [4.69, 9.17) is 5.73 Å². The van der Waals surface area contributed by atoms with Gasteiger partial charge in [0.2, 0.25) is 0 Å². The van der Waals surface area contributed by atoms with Crippen molar-refractivity contribution in [2.75, 3.05) is 0 Å². The lowest BCUT2D eigenvalue weighted by atomic mass is 9.81. The molecule has 21 heavy (non-hydrogen) atoms. The summed E-state index contributed by atoms with van der Waals surface area (Å²) in [6.07, 6.45) is 1.13. The third-order valence-corrected chi connectivity index (χ3v) is 4.92. The fourth-order valence-electron chi connectivity index (χ4n) is 2.64. The van der Waals surface area contributed by atoms with Crippen LogP contribution in [0.1, 0.15) is 61.1 Å². The third-order valence-electron chi connectivity index (χ3n) is 4.92. The van der Waals surface area contributed by atoms with Crippen LogP contribution in [0.4, 0.5) is 0 Å². The van der Waals surface area contributed by atoms with Crippen molar-refractivity contribution in [2.24, 2.45) is 5.73 Å². The summed E-state index contributed by atoms with van der Waals surface area (Å²) in [7, 11) is 0. The molecule has 0 radical (unpaired) electrons. The highest BCUT2D eigenvalue weighted by molar-refractivity contribution is 5.41. The summed E-state index contributed by atoms with van der Waals surface area (Å²) in [5.41, 5.74) is 13.1. The summed E-state index contributed by atoms with van der Waals surface area (Å²) in [4.78, 5) is 0. The summed E-state index contributed by atoms with van der Waals surface area (Å²) in [6, 6.07) is 15.1. The fourth-order valence-corrected chi connectivity index (χ4v) is 2.64. The number of hydrogen-bond acceptors (Lipinski definition) is 1. The van der Waals surface area contributed by atoms with Crippen LogP contribution in [0.2, 0.25) is 0 Å². The van der Waals surface area contributed by atoms with E-state index in [1.54, 1.807) is 0 Å². The van der Waals surface area contributed by atoms with E-state index in [-0.39, 0.29) is 11.5 Å². The largest absolute Gasteiger partial charge is 0.320 e. The Bertz CT molecular complexity index is 608. The second kappa shape index (κ2) is 6.03. The smallest absolute Gasteiger partial charge is 0.0554 e. The first kappa shape index (κ1) is 15.8. The highest BCUT2D eigenvalue weighted by atomic mass is 14.6. The number of aryl methyl sites for hydroxylation is 1. The van der Waals surface area contributed by atoms with Gasteiger partial charge in [0.15, 0.2) is 0 Å². The lowest BCUT2D eigenvalue weighted by Gasteiger charge is -2.24. The molecule has 0 fully saturated rings. The molecule has 0 spiro atoms. The first-order valence-electron chi connectivity index (χ1n) is 7.79. The molecule has 0 amide bonds. The van der Waals surface area contributed by atoms with Crippen LogP contribution in [0.25, 0.3) is 0 Å². The van der Waals surface area contributed by atoms with Crippen LogP contribution in [0.3, 0.4) is 0 Å². The average Bonchev–Trinajstić information content (AvgIpc) is 2.49. The van der Waals surface area contributed by atoms with Crippen LogP contribution in [-0.2, 0) is 5.41 Å². The summed E-state index contributed by atoms with van der Waals surface area (Å²) in [5, 5.41) is 0. The summed E-state index contributed by atoms with van der Waals surface area (Å²) in [5.74, 6) is 0. The summed E-state index contributed by atoms with van der Waals surface area (Å²) < 4.78 is 0. The van der Waals surface area contributed by atoms with Crippen molar-refractivity contribution >= 4 is 0 Å². The Morgan fingerprint density at radius 3 is 2.19 bits per heavy atom. The van der Waals surface area contributed by atoms with Crippen LogP contribution in [-0.4, -0.2) is 0 Å². The van der Waals surface area contributed by atoms with Crippen molar-refractivity contribution in [1.29, 1.82) is 0 Å². The van der Waals surface area contributed by atoms with Gasteiger partial charge in [0.1, 0.15) is 0 Å². The van der Waals surface area contributed by atoms with Crippen LogP contribution in [0, 0.1) is 13.8 Å². The Morgan fingerprint density at radius 1 is 1.00 bits per heavy atom. The second-order valence-corrected chi connectivity index (χ2v) is 6.63. The van der Waals surface area contributed by atoms with Crippen LogP contribution in [0.15, 0.2) is 42.5 Å². The predicted molar refractivity (Wildman–Crippen MR) is 91.7 cm³/mol. The van der Waals surface area contributed by atoms with Gasteiger partial charge >= 0.3 is 0 Å². The minimum absolute atomic E-state index is 0.0521. The maximum absolute atomic E-state index is 6.48. The molecule has 2 aromatic carbocycles. The monoisotopic (exact) mass is 281 g/mol. The number of hydrogen-bond donors (Lipinski definition) is 1. The van der Waals surface area contributed by atoms with Crippen molar-refractivity contribution in [3.63, 3.8) is 0 Å².